The van der Waals surface area contributed by atoms with Crippen molar-refractivity contribution in [1.82, 2.24) is 0 Å². The lowest BCUT2D eigenvalue weighted by Crippen LogP contribution is -2.50. The third-order valence-corrected chi connectivity index (χ3v) is 39.6. The molecule has 0 aliphatic heterocycles. The summed E-state index contributed by atoms with van der Waals surface area (Å²) in [6.07, 6.45) is 0. The number of hydrogen-bond donors (Lipinski definition) is 0. The van der Waals surface area contributed by atoms with Crippen LogP contribution in [0, 0.1) is 0 Å². The minimum absolute atomic E-state index is 0.783. The number of hydrogen-bond acceptors (Lipinski definition) is 0. The highest BCUT2D eigenvalue weighted by molar-refractivity contribution is 7.28. The molecule has 0 atom stereocenters. The first kappa shape index (κ1) is 35.7. The first-order valence-electron chi connectivity index (χ1n) is 15.3. The lowest BCUT2D eigenvalue weighted by atomic mass is 10.1. The fourth-order valence-electron chi connectivity index (χ4n) is 8.95. The molecule has 0 N–H and O–H groups in total. The van der Waals surface area contributed by atoms with Gasteiger partial charge in [-0.2, -0.15) is 0 Å². The normalized spacial score (nSPS) is 14.6. The zero-order valence-corrected chi connectivity index (χ0v) is 37.0. The zero-order chi connectivity index (χ0) is 30.6. The van der Waals surface area contributed by atoms with Crippen molar-refractivity contribution in [3.8, 4) is 5.19 Å². The van der Waals surface area contributed by atoms with E-state index in [2.05, 4.69) is 153 Å². The van der Waals surface area contributed by atoms with Crippen LogP contribution in [0.15, 0.2) is 35.1 Å². The first-order valence-corrected chi connectivity index (χ1v) is 39.4. The molecule has 0 bridgehead atoms. The van der Waals surface area contributed by atoms with Gasteiger partial charge in [-0.05, 0) is 49.0 Å². The van der Waals surface area contributed by atoms with E-state index >= 15 is 0 Å². The summed E-state index contributed by atoms with van der Waals surface area (Å²) < 4.78 is 0. The van der Waals surface area contributed by atoms with E-state index in [1.165, 1.54) is 8.19 Å². The fraction of sp³-hybridized carbons (Fsp3) is 0.677. The summed E-state index contributed by atoms with van der Waals surface area (Å²) in [6, 6.07) is 5.75. The molecule has 0 spiro atoms. The summed E-state index contributed by atoms with van der Waals surface area (Å²) in [5.41, 5.74) is 10.7. The molecule has 0 aliphatic carbocycles. The Balaban J connectivity index is 3.35. The lowest BCUT2D eigenvalue weighted by molar-refractivity contribution is 1.09. The highest BCUT2D eigenvalue weighted by Gasteiger charge is 2.46. The van der Waals surface area contributed by atoms with Crippen molar-refractivity contribution in [2.45, 2.75) is 133 Å². The van der Waals surface area contributed by atoms with Crippen molar-refractivity contribution >= 4 is 65.0 Å². The van der Waals surface area contributed by atoms with Gasteiger partial charge >= 0.3 is 0 Å². The van der Waals surface area contributed by atoms with Crippen LogP contribution < -0.4 is 0 Å². The third kappa shape index (κ3) is 8.77. The summed E-state index contributed by atoms with van der Waals surface area (Å²) in [7, 11) is -8.31. The van der Waals surface area contributed by atoms with E-state index in [4.69, 9.17) is 0 Å². The minimum Gasteiger partial charge on any atom is -0.0773 e. The molecule has 1 heterocycles. The molecule has 39 heavy (non-hydrogen) atoms. The summed E-state index contributed by atoms with van der Waals surface area (Å²) in [4.78, 5) is 0. The van der Waals surface area contributed by atoms with Gasteiger partial charge in [-0.3, -0.25) is 0 Å². The molecule has 0 nitrogen and oxygen atoms in total. The van der Waals surface area contributed by atoms with E-state index in [0.717, 1.165) is 15.5 Å². The average molecular weight is 663 g/mol. The highest BCUT2D eigenvalue weighted by Crippen LogP contribution is 2.48. The molecule has 0 fully saturated rings. The Bertz CT molecular complexity index is 1020. The van der Waals surface area contributed by atoms with Gasteiger partial charge in [0.25, 0.3) is 0 Å². The molecule has 0 unspecified atom stereocenters. The quantitative estimate of drug-likeness (QED) is 0.222. The second-order valence-corrected chi connectivity index (χ2v) is 55.4. The van der Waals surface area contributed by atoms with Gasteiger partial charge in [0.1, 0.15) is 0 Å². The molecule has 1 aromatic carbocycles. The monoisotopic (exact) mass is 662 g/mol. The summed E-state index contributed by atoms with van der Waals surface area (Å²) >= 11 is 0. The molecule has 1 aromatic heterocycles. The standard InChI is InChI=1S/C31H63PSi7/c1-34(2,3)29(35(4,5)6)25-23-26(30(36(7,8)9)37(10,11)12)28(33-21-19-32-20-22-33)27(24-25)31(38(13,14)15)39(16,17)18/h19-24,29-31H,1-18H3. The zero-order valence-electron chi connectivity index (χ0n) is 29.1. The molecule has 2 rings (SSSR count). The van der Waals surface area contributed by atoms with E-state index in [1.54, 1.807) is 5.56 Å². The average Bonchev–Trinajstić information content (AvgIpc) is 2.61. The Kier molecular flexibility index (Phi) is 10.9. The topological polar surface area (TPSA) is 0 Å². The molecule has 0 saturated heterocycles. The lowest BCUT2D eigenvalue weighted by Gasteiger charge is -2.46. The second kappa shape index (κ2) is 11.9. The van der Waals surface area contributed by atoms with Crippen molar-refractivity contribution < 1.29 is 0 Å². The predicted molar refractivity (Wildman–Crippen MR) is 205 cm³/mol. The SMILES string of the molecule is C[Si](C)(C)C(c1cc(C([Si](C)(C)C)[Si](C)(C)C)c(-[si]2ccpcc2)c(C([Si](C)(C)C)[Si](C)(C)C)c1)[Si](C)(C)C. The van der Waals surface area contributed by atoms with Crippen LogP contribution in [0.5, 0.6) is 0 Å². The van der Waals surface area contributed by atoms with Gasteiger partial charge in [-0.15, -0.1) is 0 Å². The molecule has 0 radical (unpaired) electrons. The maximum absolute atomic E-state index is 2.87. The van der Waals surface area contributed by atoms with E-state index in [-0.39, 0.29) is 0 Å². The van der Waals surface area contributed by atoms with Gasteiger partial charge < -0.3 is 0 Å². The first-order chi connectivity index (χ1) is 17.2. The van der Waals surface area contributed by atoms with Crippen LogP contribution in [0.4, 0.5) is 0 Å². The van der Waals surface area contributed by atoms with Crippen molar-refractivity contribution in [3.63, 3.8) is 0 Å². The van der Waals surface area contributed by atoms with Crippen LogP contribution in [0.3, 0.4) is 0 Å². The van der Waals surface area contributed by atoms with E-state index in [9.17, 15) is 0 Å². The summed E-state index contributed by atoms with van der Waals surface area (Å²) in [5, 5.41) is 4.20. The van der Waals surface area contributed by atoms with Crippen molar-refractivity contribution in [2.75, 3.05) is 0 Å². The van der Waals surface area contributed by atoms with E-state index in [0.29, 0.717) is 0 Å². The van der Waals surface area contributed by atoms with Gasteiger partial charge in [-0.1, -0.05) is 150 Å². The fourth-order valence-corrected chi connectivity index (χ4v) is 51.3. The van der Waals surface area contributed by atoms with Gasteiger partial charge in [-0.25, -0.2) is 0 Å². The Hall–Kier alpha value is 0.518. The smallest absolute Gasteiger partial charge is 0.0738 e. The molecule has 220 valence electrons. The van der Waals surface area contributed by atoms with Gasteiger partial charge in [0.2, 0.25) is 0 Å². The predicted octanol–water partition coefficient (Wildman–Crippen LogP) is 11.8. The van der Waals surface area contributed by atoms with Crippen LogP contribution >= 0.6 is 8.19 Å². The summed E-state index contributed by atoms with van der Waals surface area (Å²) in [6.45, 7) is 48.1. The van der Waals surface area contributed by atoms with Gasteiger partial charge in [0.05, 0.1) is 8.40 Å². The molecular formula is C31H63PSi7. The molecule has 0 amide bonds. The molecule has 8 heteroatoms. The molecule has 0 aliphatic rings. The largest absolute Gasteiger partial charge is 0.0773 e. The Morgan fingerprint density at radius 1 is 0.462 bits per heavy atom. The Morgan fingerprint density at radius 3 is 1.00 bits per heavy atom. The molecule has 2 aromatic rings. The van der Waals surface area contributed by atoms with E-state index < -0.39 is 56.8 Å². The molecule has 0 saturated carbocycles. The van der Waals surface area contributed by atoms with Crippen LogP contribution in [-0.2, 0) is 0 Å². The third-order valence-electron chi connectivity index (χ3n) is 8.34. The highest BCUT2D eigenvalue weighted by atomic mass is 31.0. The molecular weight excluding hydrogens is 600 g/mol. The van der Waals surface area contributed by atoms with Crippen molar-refractivity contribution in [2.24, 2.45) is 0 Å². The summed E-state index contributed by atoms with van der Waals surface area (Å²) in [5.74, 6) is 4.91. The van der Waals surface area contributed by atoms with Crippen molar-refractivity contribution in [3.05, 3.63) is 51.8 Å². The van der Waals surface area contributed by atoms with Crippen LogP contribution in [0.1, 0.15) is 32.2 Å². The van der Waals surface area contributed by atoms with Crippen LogP contribution in [-0.4, -0.2) is 56.8 Å². The number of rotatable bonds is 10. The van der Waals surface area contributed by atoms with Gasteiger partial charge in [0, 0.05) is 48.4 Å². The Labute approximate surface area is 253 Å². The minimum atomic E-state index is -1.48. The van der Waals surface area contributed by atoms with Crippen molar-refractivity contribution in [1.29, 1.82) is 0 Å². The number of benzene rings is 1. The van der Waals surface area contributed by atoms with Gasteiger partial charge in [0.15, 0.2) is 0 Å². The maximum Gasteiger partial charge on any atom is 0.0738 e. The Morgan fingerprint density at radius 2 is 0.744 bits per heavy atom. The second-order valence-electron chi connectivity index (χ2n) is 18.8. The maximum atomic E-state index is 2.87. The van der Waals surface area contributed by atoms with Crippen LogP contribution in [0.25, 0.3) is 5.19 Å². The van der Waals surface area contributed by atoms with E-state index in [1.807, 2.05) is 16.3 Å². The van der Waals surface area contributed by atoms with Crippen LogP contribution in [0.2, 0.25) is 118 Å².